The summed E-state index contributed by atoms with van der Waals surface area (Å²) in [5, 5.41) is 19.9. The van der Waals surface area contributed by atoms with Crippen molar-refractivity contribution < 1.29 is 34.2 Å². The zero-order valence-corrected chi connectivity index (χ0v) is 15.2. The van der Waals surface area contributed by atoms with Crippen molar-refractivity contribution in [1.82, 2.24) is 10.8 Å². The molecule has 0 spiro atoms. The van der Waals surface area contributed by atoms with Crippen LogP contribution in [0.25, 0.3) is 0 Å². The Hall–Kier alpha value is -2.94. The maximum Gasteiger partial charge on any atom is 0.326 e. The first-order valence-electron chi connectivity index (χ1n) is 8.40. The van der Waals surface area contributed by atoms with E-state index in [1.54, 1.807) is 13.8 Å². The van der Waals surface area contributed by atoms with Crippen molar-refractivity contribution in [3.05, 3.63) is 35.9 Å². The summed E-state index contributed by atoms with van der Waals surface area (Å²) in [7, 11) is 0. The first kappa shape index (κ1) is 22.1. The van der Waals surface area contributed by atoms with Gasteiger partial charge in [-0.25, -0.2) is 10.3 Å². The third kappa shape index (κ3) is 8.32. The molecule has 0 aliphatic carbocycles. The fourth-order valence-corrected chi connectivity index (χ4v) is 2.30. The number of benzene rings is 1. The van der Waals surface area contributed by atoms with Crippen LogP contribution in [0.15, 0.2) is 30.3 Å². The number of nitrogens with one attached hydrogen (secondary N) is 2. The summed E-state index contributed by atoms with van der Waals surface area (Å²) in [6, 6.07) is 7.60. The highest BCUT2D eigenvalue weighted by molar-refractivity contribution is 5.90. The van der Waals surface area contributed by atoms with Crippen LogP contribution >= 0.6 is 0 Å². The Balaban J connectivity index is 2.58. The summed E-state index contributed by atoms with van der Waals surface area (Å²) >= 11 is 0. The molecule has 0 fully saturated rings. The smallest absolute Gasteiger partial charge is 0.326 e. The minimum Gasteiger partial charge on any atom is -0.481 e. The number of carbonyl (C=O) groups is 4. The number of amides is 2. The second-order valence-electron chi connectivity index (χ2n) is 6.35. The lowest BCUT2D eigenvalue weighted by atomic mass is 9.91. The Morgan fingerprint density at radius 3 is 2.19 bits per heavy atom. The second kappa shape index (κ2) is 10.9. The molecule has 0 saturated heterocycles. The van der Waals surface area contributed by atoms with Gasteiger partial charge in [-0.05, 0) is 11.5 Å². The fourth-order valence-electron chi connectivity index (χ4n) is 2.30. The molecule has 148 valence electrons. The molecule has 1 aromatic carbocycles. The fraction of sp³-hybridized carbons (Fsp3) is 0.444. The number of carboxylic acid groups (broad SMARTS) is 2. The third-order valence-electron chi connectivity index (χ3n) is 3.81. The van der Waals surface area contributed by atoms with E-state index in [1.165, 1.54) is 0 Å². The highest BCUT2D eigenvalue weighted by Gasteiger charge is 2.30. The number of hydroxylamine groups is 1. The predicted octanol–water partition coefficient (Wildman–Crippen LogP) is 0.941. The van der Waals surface area contributed by atoms with E-state index in [9.17, 15) is 19.2 Å². The van der Waals surface area contributed by atoms with Crippen LogP contribution < -0.4 is 10.8 Å². The molecule has 1 rings (SSSR count). The van der Waals surface area contributed by atoms with Gasteiger partial charge in [0.2, 0.25) is 11.8 Å². The lowest BCUT2D eigenvalue weighted by molar-refractivity contribution is -0.148. The van der Waals surface area contributed by atoms with Gasteiger partial charge in [0, 0.05) is 12.3 Å². The SMILES string of the molecule is CC(C)C(CC(=O)NOCc1ccccc1)C(=O)NC(CC(=O)O)C(=O)O. The molecule has 9 nitrogen and oxygen atoms in total. The van der Waals surface area contributed by atoms with E-state index in [0.717, 1.165) is 5.56 Å². The lowest BCUT2D eigenvalue weighted by Gasteiger charge is -2.22. The van der Waals surface area contributed by atoms with Crippen LogP contribution in [-0.4, -0.2) is 40.0 Å². The molecule has 2 unspecified atom stereocenters. The second-order valence-corrected chi connectivity index (χ2v) is 6.35. The Kier molecular flexibility index (Phi) is 8.94. The van der Waals surface area contributed by atoms with Crippen molar-refractivity contribution >= 4 is 23.8 Å². The predicted molar refractivity (Wildman–Crippen MR) is 94.1 cm³/mol. The number of aliphatic carboxylic acids is 2. The first-order valence-corrected chi connectivity index (χ1v) is 8.40. The van der Waals surface area contributed by atoms with Crippen LogP contribution in [0, 0.1) is 11.8 Å². The summed E-state index contributed by atoms with van der Waals surface area (Å²) in [6.45, 7) is 3.56. The summed E-state index contributed by atoms with van der Waals surface area (Å²) in [6.07, 6.45) is -0.976. The maximum absolute atomic E-state index is 12.3. The molecule has 9 heteroatoms. The lowest BCUT2D eigenvalue weighted by Crippen LogP contribution is -2.46. The Labute approximate surface area is 156 Å². The van der Waals surface area contributed by atoms with E-state index >= 15 is 0 Å². The molecule has 0 heterocycles. The molecule has 27 heavy (non-hydrogen) atoms. The van der Waals surface area contributed by atoms with Crippen molar-refractivity contribution in [2.45, 2.75) is 39.3 Å². The zero-order chi connectivity index (χ0) is 20.4. The normalized spacial score (nSPS) is 12.9. The number of rotatable bonds is 11. The van der Waals surface area contributed by atoms with Crippen LogP contribution in [0.1, 0.15) is 32.3 Å². The number of carboxylic acids is 2. The molecule has 4 N–H and O–H groups in total. The minimum absolute atomic E-state index is 0.158. The monoisotopic (exact) mass is 380 g/mol. The molecular weight excluding hydrogens is 356 g/mol. The van der Waals surface area contributed by atoms with Gasteiger partial charge in [0.25, 0.3) is 0 Å². The first-order chi connectivity index (χ1) is 12.7. The highest BCUT2D eigenvalue weighted by Crippen LogP contribution is 2.16. The van der Waals surface area contributed by atoms with Gasteiger partial charge in [0.05, 0.1) is 13.0 Å². The number of hydrogen-bond donors (Lipinski definition) is 4. The van der Waals surface area contributed by atoms with Crippen molar-refractivity contribution in [2.24, 2.45) is 11.8 Å². The molecular formula is C18H24N2O7. The Morgan fingerprint density at radius 1 is 1.04 bits per heavy atom. The molecule has 0 bridgehead atoms. The van der Waals surface area contributed by atoms with Crippen LogP contribution in [0.5, 0.6) is 0 Å². The van der Waals surface area contributed by atoms with E-state index in [1.807, 2.05) is 30.3 Å². The van der Waals surface area contributed by atoms with E-state index in [0.29, 0.717) is 0 Å². The maximum atomic E-state index is 12.3. The molecule has 0 saturated carbocycles. The largest absolute Gasteiger partial charge is 0.481 e. The Bertz CT molecular complexity index is 661. The van der Waals surface area contributed by atoms with Gasteiger partial charge >= 0.3 is 11.9 Å². The molecule has 2 amide bonds. The van der Waals surface area contributed by atoms with Gasteiger partial charge in [0.15, 0.2) is 0 Å². The van der Waals surface area contributed by atoms with Gasteiger partial charge in [-0.1, -0.05) is 44.2 Å². The van der Waals surface area contributed by atoms with Crippen molar-refractivity contribution in [2.75, 3.05) is 0 Å². The third-order valence-corrected chi connectivity index (χ3v) is 3.81. The van der Waals surface area contributed by atoms with Crippen LogP contribution in [0.2, 0.25) is 0 Å². The van der Waals surface area contributed by atoms with E-state index in [2.05, 4.69) is 10.8 Å². The standard InChI is InChI=1S/C18H24N2O7/c1-11(2)13(17(24)19-14(18(25)26)9-16(22)23)8-15(21)20-27-10-12-6-4-3-5-7-12/h3-7,11,13-14H,8-10H2,1-2H3,(H,19,24)(H,20,21)(H,22,23)(H,25,26). The number of hydrogen-bond acceptors (Lipinski definition) is 5. The van der Waals surface area contributed by atoms with E-state index in [-0.39, 0.29) is 18.9 Å². The minimum atomic E-state index is -1.56. The number of carbonyl (C=O) groups excluding carboxylic acids is 2. The molecule has 1 aromatic rings. The van der Waals surface area contributed by atoms with Gasteiger partial charge in [-0.2, -0.15) is 0 Å². The van der Waals surface area contributed by atoms with Gasteiger partial charge in [-0.3, -0.25) is 19.2 Å². The van der Waals surface area contributed by atoms with Crippen molar-refractivity contribution in [3.63, 3.8) is 0 Å². The average Bonchev–Trinajstić information content (AvgIpc) is 2.59. The van der Waals surface area contributed by atoms with Crippen molar-refractivity contribution in [1.29, 1.82) is 0 Å². The quantitative estimate of drug-likeness (QED) is 0.419. The molecule has 0 radical (unpaired) electrons. The van der Waals surface area contributed by atoms with Crippen LogP contribution in [-0.2, 0) is 30.6 Å². The molecule has 2 atom stereocenters. The highest BCUT2D eigenvalue weighted by atomic mass is 16.6. The molecule has 0 aliphatic rings. The van der Waals surface area contributed by atoms with Gasteiger partial charge in [-0.15, -0.1) is 0 Å². The van der Waals surface area contributed by atoms with Crippen LogP contribution in [0.3, 0.4) is 0 Å². The topological polar surface area (TPSA) is 142 Å². The van der Waals surface area contributed by atoms with Crippen molar-refractivity contribution in [3.8, 4) is 0 Å². The van der Waals surface area contributed by atoms with E-state index < -0.39 is 42.1 Å². The van der Waals surface area contributed by atoms with Crippen LogP contribution in [0.4, 0.5) is 0 Å². The summed E-state index contributed by atoms with van der Waals surface area (Å²) < 4.78 is 0. The average molecular weight is 380 g/mol. The van der Waals surface area contributed by atoms with Gasteiger partial charge < -0.3 is 15.5 Å². The summed E-state index contributed by atoms with van der Waals surface area (Å²) in [4.78, 5) is 51.3. The summed E-state index contributed by atoms with van der Waals surface area (Å²) in [5.74, 6) is -5.15. The Morgan fingerprint density at radius 2 is 1.67 bits per heavy atom. The summed E-state index contributed by atoms with van der Waals surface area (Å²) in [5.41, 5.74) is 3.11. The zero-order valence-electron chi connectivity index (χ0n) is 15.2. The van der Waals surface area contributed by atoms with E-state index in [4.69, 9.17) is 15.1 Å². The molecule has 0 aliphatic heterocycles. The van der Waals surface area contributed by atoms with Gasteiger partial charge in [0.1, 0.15) is 6.04 Å². The molecule has 0 aromatic heterocycles.